The van der Waals surface area contributed by atoms with E-state index in [0.717, 1.165) is 43.0 Å². The second kappa shape index (κ2) is 13.0. The number of carbonyl (C=O) groups is 1. The average molecular weight is 738 g/mol. The Labute approximate surface area is 294 Å². The Kier molecular flexibility index (Phi) is 8.71. The Morgan fingerprint density at radius 2 is 1.82 bits per heavy atom. The fourth-order valence-electron chi connectivity index (χ4n) is 6.05. The fourth-order valence-corrected chi connectivity index (χ4v) is 6.79. The van der Waals surface area contributed by atoms with Crippen molar-refractivity contribution in [2.24, 2.45) is 7.05 Å². The largest absolute Gasteiger partial charge is 0.481 e. The molecule has 4 aromatic heterocycles. The highest BCUT2D eigenvalue weighted by Crippen LogP contribution is 2.39. The van der Waals surface area contributed by atoms with E-state index in [2.05, 4.69) is 25.2 Å². The number of nitrogens with zero attached hydrogens (tertiary/aromatic N) is 7. The van der Waals surface area contributed by atoms with Crippen LogP contribution in [0.15, 0.2) is 59.5 Å². The lowest BCUT2D eigenvalue weighted by Crippen LogP contribution is -2.37. The number of benzene rings is 2. The van der Waals surface area contributed by atoms with Crippen molar-refractivity contribution >= 4 is 55.3 Å². The van der Waals surface area contributed by atoms with Crippen LogP contribution in [0.25, 0.3) is 27.6 Å². The minimum Gasteiger partial charge on any atom is -0.481 e. The molecule has 0 bridgehead atoms. The Morgan fingerprint density at radius 3 is 2.51 bits per heavy atom. The number of sulfonamides is 1. The molecule has 0 unspecified atom stereocenters. The minimum absolute atomic E-state index is 0.0222. The monoisotopic (exact) mass is 737 g/mol. The van der Waals surface area contributed by atoms with Gasteiger partial charge in [0, 0.05) is 37.7 Å². The second-order valence-electron chi connectivity index (χ2n) is 12.3. The van der Waals surface area contributed by atoms with Gasteiger partial charge in [0.1, 0.15) is 24.0 Å². The summed E-state index contributed by atoms with van der Waals surface area (Å²) in [5.41, 5.74) is 0.804. The molecule has 2 aromatic carbocycles. The van der Waals surface area contributed by atoms with Crippen molar-refractivity contribution < 1.29 is 26.7 Å². The van der Waals surface area contributed by atoms with E-state index in [0.29, 0.717) is 5.92 Å². The third-order valence-corrected chi connectivity index (χ3v) is 9.23. The minimum atomic E-state index is -3.80. The van der Waals surface area contributed by atoms with Gasteiger partial charge in [0.05, 0.1) is 52.1 Å². The number of rotatable bonds is 11. The van der Waals surface area contributed by atoms with Crippen molar-refractivity contribution in [1.29, 1.82) is 0 Å². The summed E-state index contributed by atoms with van der Waals surface area (Å²) in [6.07, 6.45) is 4.50. The lowest BCUT2D eigenvalue weighted by atomic mass is 10.0. The molecule has 0 spiro atoms. The number of methoxy groups -OCH3 is 1. The number of aromatic nitrogens is 7. The van der Waals surface area contributed by atoms with Crippen molar-refractivity contribution in [2.45, 2.75) is 37.8 Å². The first kappa shape index (κ1) is 34.0. The Hall–Kier alpha value is -5.42. The van der Waals surface area contributed by atoms with Gasteiger partial charge in [-0.25, -0.2) is 22.2 Å². The predicted octanol–water partition coefficient (Wildman–Crippen LogP) is 4.15. The van der Waals surface area contributed by atoms with Gasteiger partial charge < -0.3 is 10.1 Å². The van der Waals surface area contributed by atoms with E-state index in [1.165, 1.54) is 52.4 Å². The van der Waals surface area contributed by atoms with E-state index in [9.17, 15) is 26.8 Å². The van der Waals surface area contributed by atoms with E-state index in [1.807, 2.05) is 6.07 Å². The molecule has 4 heterocycles. The summed E-state index contributed by atoms with van der Waals surface area (Å²) in [4.78, 5) is 37.4. The molecule has 1 aliphatic rings. The van der Waals surface area contributed by atoms with Crippen LogP contribution in [0.5, 0.6) is 5.88 Å². The molecule has 6 aromatic rings. The van der Waals surface area contributed by atoms with Crippen LogP contribution in [0, 0.1) is 11.6 Å². The quantitative estimate of drug-likeness (QED) is 0.199. The van der Waals surface area contributed by atoms with Crippen LogP contribution in [0.3, 0.4) is 0 Å². The topological polar surface area (TPSA) is 168 Å². The van der Waals surface area contributed by atoms with Gasteiger partial charge in [0.15, 0.2) is 11.5 Å². The van der Waals surface area contributed by atoms with Gasteiger partial charge in [0.2, 0.25) is 21.8 Å². The number of ether oxygens (including phenoxy) is 1. The van der Waals surface area contributed by atoms with E-state index in [4.69, 9.17) is 21.3 Å². The fraction of sp³-hybridized carbons (Fsp3) is 0.273. The van der Waals surface area contributed by atoms with Crippen LogP contribution >= 0.6 is 11.6 Å². The number of pyridine rings is 1. The van der Waals surface area contributed by atoms with Gasteiger partial charge in [0.25, 0.3) is 5.56 Å². The molecule has 0 radical (unpaired) electrons. The molecule has 2 N–H and O–H groups in total. The average Bonchev–Trinajstić information content (AvgIpc) is 3.72. The van der Waals surface area contributed by atoms with Gasteiger partial charge in [-0.05, 0) is 54.8 Å². The molecule has 1 fully saturated rings. The highest BCUT2D eigenvalue weighted by Gasteiger charge is 2.29. The molecule has 0 saturated heterocycles. The number of aryl methyl sites for hydroxylation is 1. The molecule has 51 heavy (non-hydrogen) atoms. The maximum absolute atomic E-state index is 14.6. The Balaban J connectivity index is 1.44. The standard InChI is InChI=1S/C33H30ClF2N9O5S/c1-43-29-25(8-7-22(34)28(29)31(41-43)42-51(3,48)49)45-32(39-30-21(33(45)47)6-9-27(38-30)50-2)24(14-17-12-19(35)15-20(36)13-17)37-26(46)16-44-11-10-23(40-44)18-4-5-18/h6-13,15,18,24H,4-5,14,16H2,1-3H3,(H,37,46)(H,41,42)/t24-/m0/s1. The van der Waals surface area contributed by atoms with Crippen LogP contribution in [-0.4, -0.2) is 61.8 Å². The van der Waals surface area contributed by atoms with Gasteiger partial charge in [-0.15, -0.1) is 0 Å². The number of halogens is 3. The number of hydrogen-bond acceptors (Lipinski definition) is 9. The molecule has 1 saturated carbocycles. The van der Waals surface area contributed by atoms with Crippen molar-refractivity contribution in [3.63, 3.8) is 0 Å². The summed E-state index contributed by atoms with van der Waals surface area (Å²) in [7, 11) is -0.860. The zero-order chi connectivity index (χ0) is 36.2. The zero-order valence-electron chi connectivity index (χ0n) is 27.4. The van der Waals surface area contributed by atoms with E-state index >= 15 is 0 Å². The van der Waals surface area contributed by atoms with Crippen molar-refractivity contribution in [2.75, 3.05) is 18.1 Å². The number of amides is 1. The van der Waals surface area contributed by atoms with Crippen molar-refractivity contribution in [3.8, 4) is 11.6 Å². The Bertz CT molecular complexity index is 2510. The summed E-state index contributed by atoms with van der Waals surface area (Å²) in [5.74, 6) is -1.82. The number of carbonyl (C=O) groups excluding carboxylic acids is 1. The van der Waals surface area contributed by atoms with Gasteiger partial charge in [-0.2, -0.15) is 15.2 Å². The SMILES string of the molecule is COc1ccc2c(=O)n(-c3ccc(Cl)c4c(NS(C)(=O)=O)nn(C)c34)c([C@H](Cc3cc(F)cc(F)c3)NC(=O)Cn3ccc(C4CC4)n3)nc2n1. The molecule has 264 valence electrons. The van der Waals surface area contributed by atoms with Crippen molar-refractivity contribution in [1.82, 2.24) is 39.4 Å². The third kappa shape index (κ3) is 6.98. The predicted molar refractivity (Wildman–Crippen MR) is 185 cm³/mol. The molecular weight excluding hydrogens is 708 g/mol. The van der Waals surface area contributed by atoms with E-state index < -0.39 is 39.2 Å². The smallest absolute Gasteiger partial charge is 0.267 e. The summed E-state index contributed by atoms with van der Waals surface area (Å²) in [5, 5.41) is 12.1. The van der Waals surface area contributed by atoms with E-state index in [-0.39, 0.29) is 68.7 Å². The van der Waals surface area contributed by atoms with Crippen LogP contribution < -0.4 is 20.3 Å². The Morgan fingerprint density at radius 1 is 1.08 bits per heavy atom. The first-order valence-corrected chi connectivity index (χ1v) is 17.9. The maximum atomic E-state index is 14.6. The number of hydrogen-bond donors (Lipinski definition) is 2. The summed E-state index contributed by atoms with van der Waals surface area (Å²) in [6, 6.07) is 9.58. The summed E-state index contributed by atoms with van der Waals surface area (Å²) < 4.78 is 65.1. The lowest BCUT2D eigenvalue weighted by Gasteiger charge is -2.23. The second-order valence-corrected chi connectivity index (χ2v) is 14.4. The summed E-state index contributed by atoms with van der Waals surface area (Å²) in [6.45, 7) is -0.196. The summed E-state index contributed by atoms with van der Waals surface area (Å²) >= 11 is 6.59. The number of anilines is 1. The third-order valence-electron chi connectivity index (χ3n) is 8.35. The highest BCUT2D eigenvalue weighted by atomic mass is 35.5. The molecule has 1 amide bonds. The van der Waals surface area contributed by atoms with Gasteiger partial charge in [-0.3, -0.25) is 28.2 Å². The maximum Gasteiger partial charge on any atom is 0.267 e. The molecule has 1 atom stereocenters. The van der Waals surface area contributed by atoms with Crippen LogP contribution in [-0.2, 0) is 34.8 Å². The van der Waals surface area contributed by atoms with Crippen LogP contribution in [0.1, 0.15) is 41.9 Å². The lowest BCUT2D eigenvalue weighted by molar-refractivity contribution is -0.122. The van der Waals surface area contributed by atoms with Crippen molar-refractivity contribution in [3.05, 3.63) is 98.8 Å². The normalized spacial score (nSPS) is 13.8. The zero-order valence-corrected chi connectivity index (χ0v) is 29.0. The molecule has 1 aliphatic carbocycles. The van der Waals surface area contributed by atoms with E-state index in [1.54, 1.807) is 6.20 Å². The molecule has 18 heteroatoms. The molecule has 0 aliphatic heterocycles. The molecule has 14 nitrogen and oxygen atoms in total. The number of fused-ring (bicyclic) bond motifs is 2. The first-order valence-electron chi connectivity index (χ1n) is 15.7. The van der Waals surface area contributed by atoms with Gasteiger partial charge >= 0.3 is 0 Å². The molecular formula is C33H30ClF2N9O5S. The number of nitrogens with one attached hydrogen (secondary N) is 2. The molecule has 7 rings (SSSR count). The van der Waals surface area contributed by atoms with Crippen LogP contribution in [0.4, 0.5) is 14.6 Å². The first-order chi connectivity index (χ1) is 24.3. The van der Waals surface area contributed by atoms with Gasteiger partial charge in [-0.1, -0.05) is 11.6 Å². The highest BCUT2D eigenvalue weighted by molar-refractivity contribution is 7.92. The van der Waals surface area contributed by atoms with Crippen LogP contribution in [0.2, 0.25) is 5.02 Å².